The lowest BCUT2D eigenvalue weighted by molar-refractivity contribution is -0.114. The van der Waals surface area contributed by atoms with Crippen molar-refractivity contribution in [3.63, 3.8) is 0 Å². The van der Waals surface area contributed by atoms with E-state index in [1.54, 1.807) is 0 Å². The minimum absolute atomic E-state index is 0.163. The molecule has 1 heterocycles. The first-order valence-corrected chi connectivity index (χ1v) is 12.6. The molecular weight excluding hydrogens is 516 g/mol. The van der Waals surface area contributed by atoms with Crippen molar-refractivity contribution in [3.05, 3.63) is 106 Å². The van der Waals surface area contributed by atoms with Crippen molar-refractivity contribution in [1.29, 1.82) is 0 Å². The number of hydrazone groups is 1. The van der Waals surface area contributed by atoms with Gasteiger partial charge in [0.1, 0.15) is 6.61 Å². The van der Waals surface area contributed by atoms with Crippen LogP contribution in [0.5, 0.6) is 11.5 Å². The average molecular weight is 541 g/mol. The zero-order valence-corrected chi connectivity index (χ0v) is 21.7. The van der Waals surface area contributed by atoms with Gasteiger partial charge in [-0.3, -0.25) is 4.79 Å². The summed E-state index contributed by atoms with van der Waals surface area (Å²) in [6.07, 6.45) is 1.84. The van der Waals surface area contributed by atoms with Crippen LogP contribution < -0.4 is 14.5 Å². The molecule has 4 aromatic rings. The van der Waals surface area contributed by atoms with Crippen LogP contribution in [0.3, 0.4) is 0 Å². The number of benzene rings is 4. The Kier molecular flexibility index (Phi) is 6.87. The van der Waals surface area contributed by atoms with E-state index >= 15 is 0 Å². The summed E-state index contributed by atoms with van der Waals surface area (Å²) in [4.78, 5) is 13.1. The highest BCUT2D eigenvalue weighted by Gasteiger charge is 2.28. The fraction of sp³-hybridized carbons (Fsp3) is 0.133. The zero-order chi connectivity index (χ0) is 25.1. The number of hydrogen-bond donors (Lipinski definition) is 0. The number of rotatable bonds is 7. The molecule has 0 spiro atoms. The second-order valence-electron chi connectivity index (χ2n) is 8.43. The number of carbonyl (C=O) groups is 1. The predicted molar refractivity (Wildman–Crippen MR) is 149 cm³/mol. The van der Waals surface area contributed by atoms with Gasteiger partial charge in [-0.1, -0.05) is 54.6 Å². The van der Waals surface area contributed by atoms with Crippen LogP contribution in [0.15, 0.2) is 100 Å². The van der Waals surface area contributed by atoms with E-state index in [0.717, 1.165) is 21.3 Å². The second kappa shape index (κ2) is 10.4. The molecule has 0 unspecified atom stereocenters. The molecule has 1 aliphatic heterocycles. The molecule has 0 aromatic heterocycles. The van der Waals surface area contributed by atoms with Crippen molar-refractivity contribution in [2.24, 2.45) is 5.10 Å². The van der Waals surface area contributed by atoms with Crippen molar-refractivity contribution in [3.8, 4) is 11.5 Å². The Morgan fingerprint density at radius 2 is 1.67 bits per heavy atom. The molecule has 0 saturated carbocycles. The summed E-state index contributed by atoms with van der Waals surface area (Å²) in [7, 11) is 0. The van der Waals surface area contributed by atoms with Crippen LogP contribution >= 0.6 is 15.9 Å². The Hall–Kier alpha value is -3.90. The van der Waals surface area contributed by atoms with Gasteiger partial charge < -0.3 is 9.47 Å². The first-order valence-electron chi connectivity index (χ1n) is 11.8. The minimum atomic E-state index is -0.163. The molecule has 5 rings (SSSR count). The first-order chi connectivity index (χ1) is 17.5. The summed E-state index contributed by atoms with van der Waals surface area (Å²) < 4.78 is 12.9. The molecule has 0 radical (unpaired) electrons. The highest BCUT2D eigenvalue weighted by atomic mass is 79.9. The van der Waals surface area contributed by atoms with E-state index in [-0.39, 0.29) is 5.91 Å². The van der Waals surface area contributed by atoms with Gasteiger partial charge in [-0.2, -0.15) is 10.1 Å². The molecule has 6 heteroatoms. The van der Waals surface area contributed by atoms with Gasteiger partial charge in [0.05, 0.1) is 28.1 Å². The van der Waals surface area contributed by atoms with Crippen molar-refractivity contribution >= 4 is 50.1 Å². The van der Waals surface area contributed by atoms with E-state index in [9.17, 15) is 4.79 Å². The maximum absolute atomic E-state index is 13.1. The molecule has 0 saturated heterocycles. The fourth-order valence-electron chi connectivity index (χ4n) is 4.15. The first kappa shape index (κ1) is 23.8. The van der Waals surface area contributed by atoms with Crippen LogP contribution in [-0.2, 0) is 11.4 Å². The van der Waals surface area contributed by atoms with E-state index in [1.165, 1.54) is 15.8 Å². The average Bonchev–Trinajstić information content (AvgIpc) is 3.17. The lowest BCUT2D eigenvalue weighted by Crippen LogP contribution is -2.21. The molecule has 1 amide bonds. The largest absolute Gasteiger partial charge is 0.490 e. The molecular formula is C30H25BrN2O3. The van der Waals surface area contributed by atoms with Gasteiger partial charge in [0.15, 0.2) is 11.5 Å². The standard InChI is InChI=1S/C30H25BrN2O3/c1-3-35-28-18-22(16-26-20(2)32-33(30(26)34)25-11-5-4-6-12-25)17-27(31)29(28)36-19-21-13-14-23-9-7-8-10-24(23)15-21/h4-18H,3,19H2,1-2H3/b26-16+. The quantitative estimate of drug-likeness (QED) is 0.229. The lowest BCUT2D eigenvalue weighted by atomic mass is 10.1. The van der Waals surface area contributed by atoms with E-state index in [4.69, 9.17) is 9.47 Å². The normalized spacial score (nSPS) is 14.4. The minimum Gasteiger partial charge on any atom is -0.490 e. The predicted octanol–water partition coefficient (Wildman–Crippen LogP) is 7.39. The van der Waals surface area contributed by atoms with E-state index in [1.807, 2.05) is 74.5 Å². The van der Waals surface area contributed by atoms with Crippen LogP contribution in [0.4, 0.5) is 5.69 Å². The smallest absolute Gasteiger partial charge is 0.280 e. The van der Waals surface area contributed by atoms with Crippen LogP contribution in [0.1, 0.15) is 25.0 Å². The molecule has 1 aliphatic rings. The number of halogens is 1. The Morgan fingerprint density at radius 1 is 0.917 bits per heavy atom. The number of nitrogens with zero attached hydrogens (tertiary/aromatic N) is 2. The van der Waals surface area contributed by atoms with Crippen molar-refractivity contribution in [1.82, 2.24) is 0 Å². The van der Waals surface area contributed by atoms with Gasteiger partial charge in [0.2, 0.25) is 0 Å². The Bertz CT molecular complexity index is 1500. The number of ether oxygens (including phenoxy) is 2. The molecule has 0 bridgehead atoms. The van der Waals surface area contributed by atoms with Crippen LogP contribution in [0.2, 0.25) is 0 Å². The highest BCUT2D eigenvalue weighted by Crippen LogP contribution is 2.38. The number of para-hydroxylation sites is 1. The zero-order valence-electron chi connectivity index (χ0n) is 20.1. The van der Waals surface area contributed by atoms with E-state index < -0.39 is 0 Å². The van der Waals surface area contributed by atoms with Crippen LogP contribution in [0.25, 0.3) is 16.8 Å². The van der Waals surface area contributed by atoms with Gasteiger partial charge >= 0.3 is 0 Å². The van der Waals surface area contributed by atoms with Crippen molar-refractivity contribution < 1.29 is 14.3 Å². The fourth-order valence-corrected chi connectivity index (χ4v) is 4.73. The summed E-state index contributed by atoms with van der Waals surface area (Å²) in [5.74, 6) is 1.07. The van der Waals surface area contributed by atoms with Gasteiger partial charge in [-0.05, 0) is 88.1 Å². The Morgan fingerprint density at radius 3 is 2.44 bits per heavy atom. The maximum atomic E-state index is 13.1. The summed E-state index contributed by atoms with van der Waals surface area (Å²) in [5, 5.41) is 8.27. The van der Waals surface area contributed by atoms with Crippen LogP contribution in [0, 0.1) is 0 Å². The third kappa shape index (κ3) is 4.90. The molecule has 0 atom stereocenters. The second-order valence-corrected chi connectivity index (χ2v) is 9.28. The van der Waals surface area contributed by atoms with Gasteiger partial charge in [0.25, 0.3) is 5.91 Å². The molecule has 5 nitrogen and oxygen atoms in total. The molecule has 0 aliphatic carbocycles. The topological polar surface area (TPSA) is 51.1 Å². The summed E-state index contributed by atoms with van der Waals surface area (Å²) in [5.41, 5.74) is 3.82. The molecule has 0 fully saturated rings. The van der Waals surface area contributed by atoms with Gasteiger partial charge in [-0.25, -0.2) is 0 Å². The van der Waals surface area contributed by atoms with Crippen LogP contribution in [-0.4, -0.2) is 18.2 Å². The SMILES string of the molecule is CCOc1cc(/C=C2/C(=O)N(c3ccccc3)N=C2C)cc(Br)c1OCc1ccc2ccccc2c1. The number of carbonyl (C=O) groups excluding carboxylic acids is 1. The molecule has 4 aromatic carbocycles. The van der Waals surface area contributed by atoms with Gasteiger partial charge in [0, 0.05) is 0 Å². The number of anilines is 1. The summed E-state index contributed by atoms with van der Waals surface area (Å²) in [6, 6.07) is 27.8. The third-order valence-corrected chi connectivity index (χ3v) is 6.49. The molecule has 0 N–H and O–H groups in total. The number of fused-ring (bicyclic) bond motifs is 1. The Labute approximate surface area is 218 Å². The monoisotopic (exact) mass is 540 g/mol. The highest BCUT2D eigenvalue weighted by molar-refractivity contribution is 9.10. The summed E-state index contributed by atoms with van der Waals surface area (Å²) in [6.45, 7) is 4.66. The summed E-state index contributed by atoms with van der Waals surface area (Å²) >= 11 is 3.65. The number of amides is 1. The maximum Gasteiger partial charge on any atom is 0.280 e. The molecule has 36 heavy (non-hydrogen) atoms. The lowest BCUT2D eigenvalue weighted by Gasteiger charge is -2.15. The third-order valence-electron chi connectivity index (χ3n) is 5.90. The number of hydrogen-bond acceptors (Lipinski definition) is 4. The van der Waals surface area contributed by atoms with E-state index in [2.05, 4.69) is 51.4 Å². The van der Waals surface area contributed by atoms with Crippen molar-refractivity contribution in [2.45, 2.75) is 20.5 Å². The Balaban J connectivity index is 1.41. The van der Waals surface area contributed by atoms with E-state index in [0.29, 0.717) is 36.0 Å². The van der Waals surface area contributed by atoms with Crippen molar-refractivity contribution in [2.75, 3.05) is 11.6 Å². The van der Waals surface area contributed by atoms with Gasteiger partial charge in [-0.15, -0.1) is 0 Å². The molecule has 180 valence electrons.